The number of ether oxygens (including phenoxy) is 1. The largest absolute Gasteiger partial charge is 0.508 e. The number of aryl methyl sites for hydroxylation is 1. The van der Waals surface area contributed by atoms with Crippen molar-refractivity contribution in [2.75, 3.05) is 5.32 Å². The first-order valence-corrected chi connectivity index (χ1v) is 13.3. The first kappa shape index (κ1) is 24.9. The summed E-state index contributed by atoms with van der Waals surface area (Å²) in [5, 5.41) is 14.9. The minimum absolute atomic E-state index is 0.242. The van der Waals surface area contributed by atoms with Gasteiger partial charge in [-0.15, -0.1) is 0 Å². The molecule has 0 aliphatic carbocycles. The Morgan fingerprint density at radius 3 is 2.51 bits per heavy atom. The molecule has 186 valence electrons. The van der Waals surface area contributed by atoms with Crippen molar-refractivity contribution >= 4 is 45.8 Å². The Labute approximate surface area is 225 Å². The molecule has 37 heavy (non-hydrogen) atoms. The van der Waals surface area contributed by atoms with Crippen molar-refractivity contribution in [2.24, 2.45) is 0 Å². The minimum Gasteiger partial charge on any atom is -0.508 e. The third-order valence-corrected chi connectivity index (χ3v) is 7.11. The van der Waals surface area contributed by atoms with E-state index in [-0.39, 0.29) is 5.75 Å². The van der Waals surface area contributed by atoms with Crippen LogP contribution in [0.5, 0.6) is 11.5 Å². The van der Waals surface area contributed by atoms with Gasteiger partial charge in [-0.25, -0.2) is 9.97 Å². The molecule has 0 aliphatic heterocycles. The molecule has 5 nitrogen and oxygen atoms in total. The Kier molecular flexibility index (Phi) is 7.78. The van der Waals surface area contributed by atoms with Crippen LogP contribution in [0.4, 0.5) is 11.4 Å². The van der Waals surface area contributed by atoms with Crippen molar-refractivity contribution in [1.82, 2.24) is 9.97 Å². The number of nitrogens with one attached hydrogen (secondary N) is 1. The highest BCUT2D eigenvalue weighted by atomic mass is 35.5. The van der Waals surface area contributed by atoms with Crippen LogP contribution in [0.2, 0.25) is 5.02 Å². The number of halogens is 1. The molecule has 3 aromatic carbocycles. The second-order valence-electron chi connectivity index (χ2n) is 8.58. The van der Waals surface area contributed by atoms with Gasteiger partial charge in [0.05, 0.1) is 11.4 Å². The van der Waals surface area contributed by atoms with E-state index in [4.69, 9.17) is 21.3 Å². The first-order valence-electron chi connectivity index (χ1n) is 12.1. The highest BCUT2D eigenvalue weighted by Crippen LogP contribution is 2.38. The Balaban J connectivity index is 1.46. The molecule has 0 saturated carbocycles. The zero-order valence-electron chi connectivity index (χ0n) is 20.3. The summed E-state index contributed by atoms with van der Waals surface area (Å²) in [6, 6.07) is 26.9. The van der Waals surface area contributed by atoms with Crippen LogP contribution in [-0.2, 0) is 13.0 Å². The molecule has 2 N–H and O–H groups in total. The van der Waals surface area contributed by atoms with Crippen LogP contribution in [0, 0.1) is 0 Å². The van der Waals surface area contributed by atoms with Crippen LogP contribution in [0.25, 0.3) is 11.0 Å². The molecule has 2 heterocycles. The van der Waals surface area contributed by atoms with Gasteiger partial charge in [-0.05, 0) is 78.7 Å². The van der Waals surface area contributed by atoms with E-state index in [1.165, 1.54) is 0 Å². The summed E-state index contributed by atoms with van der Waals surface area (Å²) in [6.45, 7) is 2.58. The van der Waals surface area contributed by atoms with Gasteiger partial charge in [0.1, 0.15) is 18.1 Å². The normalized spacial score (nSPS) is 11.0. The van der Waals surface area contributed by atoms with Gasteiger partial charge in [0.2, 0.25) is 0 Å². The SMILES string of the molecule is CCCc1ccc2c(Nc3cc(OCc4ccc(Cl)cc4)ccc3Sc3ccc(O)cc3)ccnc2n1. The molecule has 0 fully saturated rings. The van der Waals surface area contributed by atoms with Gasteiger partial charge >= 0.3 is 0 Å². The average Bonchev–Trinajstić information content (AvgIpc) is 2.91. The first-order chi connectivity index (χ1) is 18.1. The maximum Gasteiger partial charge on any atom is 0.161 e. The van der Waals surface area contributed by atoms with E-state index >= 15 is 0 Å². The highest BCUT2D eigenvalue weighted by molar-refractivity contribution is 7.99. The zero-order chi connectivity index (χ0) is 25.6. The number of benzene rings is 3. The molecule has 5 aromatic rings. The smallest absolute Gasteiger partial charge is 0.161 e. The quantitative estimate of drug-likeness (QED) is 0.200. The highest BCUT2D eigenvalue weighted by Gasteiger charge is 2.11. The van der Waals surface area contributed by atoms with Gasteiger partial charge in [0.25, 0.3) is 0 Å². The summed E-state index contributed by atoms with van der Waals surface area (Å²) in [6.07, 6.45) is 3.74. The number of nitrogens with zero attached hydrogens (tertiary/aromatic N) is 2. The number of phenols is 1. The zero-order valence-corrected chi connectivity index (χ0v) is 21.9. The topological polar surface area (TPSA) is 67.3 Å². The average molecular weight is 528 g/mol. The molecule has 0 amide bonds. The second kappa shape index (κ2) is 11.5. The Morgan fingerprint density at radius 1 is 0.919 bits per heavy atom. The minimum atomic E-state index is 0.242. The van der Waals surface area contributed by atoms with Crippen molar-refractivity contribution in [3.8, 4) is 11.5 Å². The summed E-state index contributed by atoms with van der Waals surface area (Å²) in [4.78, 5) is 11.3. The van der Waals surface area contributed by atoms with Crippen molar-refractivity contribution in [1.29, 1.82) is 0 Å². The van der Waals surface area contributed by atoms with Crippen molar-refractivity contribution in [2.45, 2.75) is 36.2 Å². The number of aromatic hydroxyl groups is 1. The lowest BCUT2D eigenvalue weighted by molar-refractivity contribution is 0.306. The number of phenolic OH excluding ortho intramolecular Hbond substituents is 1. The molecule has 0 saturated heterocycles. The van der Waals surface area contributed by atoms with Gasteiger partial charge in [-0.1, -0.05) is 48.8 Å². The molecule has 0 atom stereocenters. The number of pyridine rings is 2. The third kappa shape index (κ3) is 6.34. The van der Waals surface area contributed by atoms with Gasteiger partial charge < -0.3 is 15.2 Å². The lowest BCUT2D eigenvalue weighted by Gasteiger charge is -2.16. The number of hydrogen-bond donors (Lipinski definition) is 2. The molecule has 0 radical (unpaired) electrons. The molecule has 7 heteroatoms. The molecule has 0 bridgehead atoms. The van der Waals surface area contributed by atoms with Crippen LogP contribution in [0.1, 0.15) is 24.6 Å². The molecular weight excluding hydrogens is 502 g/mol. The molecular formula is C30H26ClN3O2S. The van der Waals surface area contributed by atoms with Crippen LogP contribution in [0.3, 0.4) is 0 Å². The molecule has 0 spiro atoms. The van der Waals surface area contributed by atoms with Crippen LogP contribution < -0.4 is 10.1 Å². The third-order valence-electron chi connectivity index (χ3n) is 5.77. The van der Waals surface area contributed by atoms with E-state index in [1.54, 1.807) is 30.1 Å². The van der Waals surface area contributed by atoms with Gasteiger partial charge in [0.15, 0.2) is 5.65 Å². The fourth-order valence-electron chi connectivity index (χ4n) is 3.89. The van der Waals surface area contributed by atoms with E-state index in [1.807, 2.05) is 60.7 Å². The monoisotopic (exact) mass is 527 g/mol. The van der Waals surface area contributed by atoms with Crippen LogP contribution >= 0.6 is 23.4 Å². The number of fused-ring (bicyclic) bond motifs is 1. The number of hydrogen-bond acceptors (Lipinski definition) is 6. The Bertz CT molecular complexity index is 1510. The Hall–Kier alpha value is -3.74. The molecule has 2 aromatic heterocycles. The van der Waals surface area contributed by atoms with Gasteiger partial charge in [-0.2, -0.15) is 0 Å². The summed E-state index contributed by atoms with van der Waals surface area (Å²) < 4.78 is 6.11. The molecule has 0 aliphatic rings. The lowest BCUT2D eigenvalue weighted by Crippen LogP contribution is -1.99. The van der Waals surface area contributed by atoms with Crippen LogP contribution in [0.15, 0.2) is 101 Å². The lowest BCUT2D eigenvalue weighted by atomic mass is 10.2. The fraction of sp³-hybridized carbons (Fsp3) is 0.133. The van der Waals surface area contributed by atoms with Gasteiger partial charge in [-0.3, -0.25) is 0 Å². The maximum absolute atomic E-state index is 9.67. The fourth-order valence-corrected chi connectivity index (χ4v) is 4.90. The van der Waals surface area contributed by atoms with E-state index in [0.29, 0.717) is 11.6 Å². The number of rotatable bonds is 9. The van der Waals surface area contributed by atoms with Crippen molar-refractivity contribution in [3.05, 3.63) is 107 Å². The Morgan fingerprint density at radius 2 is 1.73 bits per heavy atom. The standard InChI is InChI=1S/C30H26ClN3O2S/c1-2-3-22-8-14-26-27(16-17-32-30(26)33-22)34-28-18-24(36-19-20-4-6-21(31)7-5-20)11-15-29(28)37-25-12-9-23(35)10-13-25/h4-18,35H,2-3,19H2,1H3,(H,32,33,34). The second-order valence-corrected chi connectivity index (χ2v) is 10.1. The predicted octanol–water partition coefficient (Wildman–Crippen LogP) is 8.42. The molecule has 5 rings (SSSR count). The number of anilines is 2. The van der Waals surface area contributed by atoms with E-state index < -0.39 is 0 Å². The van der Waals surface area contributed by atoms with E-state index in [9.17, 15) is 5.11 Å². The van der Waals surface area contributed by atoms with Crippen molar-refractivity contribution < 1.29 is 9.84 Å². The maximum atomic E-state index is 9.67. The van der Waals surface area contributed by atoms with E-state index in [0.717, 1.165) is 62.0 Å². The summed E-state index contributed by atoms with van der Waals surface area (Å²) >= 11 is 7.62. The van der Waals surface area contributed by atoms with Crippen molar-refractivity contribution in [3.63, 3.8) is 0 Å². The van der Waals surface area contributed by atoms with Crippen LogP contribution in [-0.4, -0.2) is 15.1 Å². The summed E-state index contributed by atoms with van der Waals surface area (Å²) in [5.74, 6) is 0.987. The van der Waals surface area contributed by atoms with Gasteiger partial charge in [0, 0.05) is 38.2 Å². The summed E-state index contributed by atoms with van der Waals surface area (Å²) in [5.41, 5.74) is 4.62. The predicted molar refractivity (Wildman–Crippen MR) is 151 cm³/mol. The number of aromatic nitrogens is 2. The van der Waals surface area contributed by atoms with E-state index in [2.05, 4.69) is 29.4 Å². The summed E-state index contributed by atoms with van der Waals surface area (Å²) in [7, 11) is 0. The molecule has 0 unspecified atom stereocenters.